The zero-order valence-electron chi connectivity index (χ0n) is 15.4. The van der Waals surface area contributed by atoms with Gasteiger partial charge in [-0.2, -0.15) is 0 Å². The van der Waals surface area contributed by atoms with Gasteiger partial charge >= 0.3 is 11.9 Å². The monoisotopic (exact) mass is 368 g/mol. The predicted octanol–water partition coefficient (Wildman–Crippen LogP) is 3.02. The molecular weight excluding hydrogens is 346 g/mol. The summed E-state index contributed by atoms with van der Waals surface area (Å²) in [7, 11) is 0. The topological polar surface area (TPSA) is 81.7 Å². The van der Waals surface area contributed by atoms with E-state index >= 15 is 0 Å². The van der Waals surface area contributed by atoms with Gasteiger partial charge in [-0.1, -0.05) is 24.3 Å². The SMILES string of the molecule is CCOC(=O)C(Cc1cccc(C(=O)Nc2c[c]ccc2)c1)C(=O)OCC. The van der Waals surface area contributed by atoms with Crippen LogP contribution < -0.4 is 5.32 Å². The highest BCUT2D eigenvalue weighted by Gasteiger charge is 2.29. The fourth-order valence-corrected chi connectivity index (χ4v) is 2.50. The van der Waals surface area contributed by atoms with Gasteiger partial charge in [-0.05, 0) is 56.2 Å². The Hall–Kier alpha value is -3.15. The van der Waals surface area contributed by atoms with E-state index in [4.69, 9.17) is 9.47 Å². The van der Waals surface area contributed by atoms with Gasteiger partial charge in [0.2, 0.25) is 0 Å². The van der Waals surface area contributed by atoms with Gasteiger partial charge in [0.25, 0.3) is 5.91 Å². The lowest BCUT2D eigenvalue weighted by atomic mass is 9.97. The van der Waals surface area contributed by atoms with Crippen LogP contribution in [0.15, 0.2) is 48.5 Å². The van der Waals surface area contributed by atoms with Crippen molar-refractivity contribution in [2.24, 2.45) is 5.92 Å². The Morgan fingerprint density at radius 1 is 1.04 bits per heavy atom. The van der Waals surface area contributed by atoms with Crippen LogP contribution in [0.3, 0.4) is 0 Å². The summed E-state index contributed by atoms with van der Waals surface area (Å²) in [5.41, 5.74) is 1.71. The summed E-state index contributed by atoms with van der Waals surface area (Å²) in [4.78, 5) is 36.7. The van der Waals surface area contributed by atoms with E-state index in [0.29, 0.717) is 16.8 Å². The third-order valence-electron chi connectivity index (χ3n) is 3.74. The number of rotatable bonds is 8. The summed E-state index contributed by atoms with van der Waals surface area (Å²) in [6.07, 6.45) is 0.0951. The normalized spacial score (nSPS) is 10.3. The maximum absolute atomic E-state index is 12.4. The van der Waals surface area contributed by atoms with Gasteiger partial charge in [-0.15, -0.1) is 0 Å². The van der Waals surface area contributed by atoms with E-state index in [0.717, 1.165) is 0 Å². The second-order valence-electron chi connectivity index (χ2n) is 5.71. The number of hydrogen-bond acceptors (Lipinski definition) is 5. The predicted molar refractivity (Wildman–Crippen MR) is 100 cm³/mol. The highest BCUT2D eigenvalue weighted by Crippen LogP contribution is 2.16. The molecule has 2 aromatic carbocycles. The second kappa shape index (κ2) is 10.1. The van der Waals surface area contributed by atoms with E-state index < -0.39 is 17.9 Å². The van der Waals surface area contributed by atoms with Crippen molar-refractivity contribution in [1.29, 1.82) is 0 Å². The van der Waals surface area contributed by atoms with E-state index in [1.807, 2.05) is 0 Å². The number of carbonyl (C=O) groups excluding carboxylic acids is 3. The Kier molecular flexibility index (Phi) is 7.55. The molecule has 0 saturated heterocycles. The summed E-state index contributed by atoms with van der Waals surface area (Å²) in [6.45, 7) is 3.69. The van der Waals surface area contributed by atoms with Crippen molar-refractivity contribution in [3.05, 3.63) is 65.7 Å². The molecule has 1 N–H and O–H groups in total. The Bertz CT molecular complexity index is 770. The summed E-state index contributed by atoms with van der Waals surface area (Å²) in [6, 6.07) is 16.6. The standard InChI is InChI=1S/C21H22NO5/c1-3-26-20(24)18(21(25)27-4-2)14-15-9-8-10-16(13-15)19(23)22-17-11-6-5-7-12-17/h5-6,8-13,18H,3-4,14H2,1-2H3,(H,22,23). The third kappa shape index (κ3) is 5.95. The van der Waals surface area contributed by atoms with Crippen molar-refractivity contribution in [1.82, 2.24) is 0 Å². The van der Waals surface area contributed by atoms with Crippen LogP contribution in [0, 0.1) is 12.0 Å². The number of esters is 2. The van der Waals surface area contributed by atoms with Gasteiger partial charge in [0.05, 0.1) is 13.2 Å². The first-order valence-corrected chi connectivity index (χ1v) is 8.74. The third-order valence-corrected chi connectivity index (χ3v) is 3.74. The van der Waals surface area contributed by atoms with Crippen LogP contribution in [0.5, 0.6) is 0 Å². The molecule has 1 amide bonds. The zero-order chi connectivity index (χ0) is 19.6. The van der Waals surface area contributed by atoms with Gasteiger partial charge in [-0.25, -0.2) is 0 Å². The van der Waals surface area contributed by atoms with Crippen LogP contribution in [-0.4, -0.2) is 31.1 Å². The Morgan fingerprint density at radius 3 is 2.33 bits per heavy atom. The summed E-state index contributed by atoms with van der Waals surface area (Å²) in [5, 5.41) is 2.77. The minimum atomic E-state index is -1.06. The number of nitrogens with one attached hydrogen (secondary N) is 1. The van der Waals surface area contributed by atoms with Crippen LogP contribution in [0.4, 0.5) is 5.69 Å². The first-order chi connectivity index (χ1) is 13.0. The lowest BCUT2D eigenvalue weighted by Crippen LogP contribution is -2.30. The van der Waals surface area contributed by atoms with Gasteiger partial charge in [0.15, 0.2) is 5.92 Å². The Labute approximate surface area is 158 Å². The van der Waals surface area contributed by atoms with E-state index in [-0.39, 0.29) is 25.5 Å². The van der Waals surface area contributed by atoms with E-state index in [2.05, 4.69) is 11.4 Å². The van der Waals surface area contributed by atoms with Crippen LogP contribution in [0.25, 0.3) is 0 Å². The molecule has 6 heteroatoms. The number of amides is 1. The molecule has 0 aliphatic carbocycles. The van der Waals surface area contributed by atoms with Crippen LogP contribution >= 0.6 is 0 Å². The quantitative estimate of drug-likeness (QED) is 0.572. The largest absolute Gasteiger partial charge is 0.465 e. The van der Waals surface area contributed by atoms with Crippen molar-refractivity contribution in [2.75, 3.05) is 18.5 Å². The molecule has 27 heavy (non-hydrogen) atoms. The highest BCUT2D eigenvalue weighted by molar-refractivity contribution is 6.04. The molecular formula is C21H22NO5. The number of carbonyl (C=O) groups is 3. The Morgan fingerprint density at radius 2 is 1.74 bits per heavy atom. The number of anilines is 1. The molecule has 0 saturated carbocycles. The minimum absolute atomic E-state index is 0.0951. The first-order valence-electron chi connectivity index (χ1n) is 8.74. The molecule has 2 rings (SSSR count). The van der Waals surface area contributed by atoms with Crippen molar-refractivity contribution >= 4 is 23.5 Å². The number of hydrogen-bond donors (Lipinski definition) is 1. The molecule has 6 nitrogen and oxygen atoms in total. The minimum Gasteiger partial charge on any atom is -0.465 e. The fraction of sp³-hybridized carbons (Fsp3) is 0.286. The van der Waals surface area contributed by atoms with Crippen molar-refractivity contribution in [2.45, 2.75) is 20.3 Å². The average molecular weight is 368 g/mol. The Balaban J connectivity index is 2.15. The summed E-state index contributed by atoms with van der Waals surface area (Å²) in [5.74, 6) is -2.62. The van der Waals surface area contributed by atoms with Crippen LogP contribution in [0.2, 0.25) is 0 Å². The van der Waals surface area contributed by atoms with E-state index in [1.165, 1.54) is 0 Å². The molecule has 0 aliphatic heterocycles. The maximum Gasteiger partial charge on any atom is 0.320 e. The molecule has 0 aromatic heterocycles. The average Bonchev–Trinajstić information content (AvgIpc) is 2.67. The molecule has 0 atom stereocenters. The number of benzene rings is 2. The molecule has 141 valence electrons. The van der Waals surface area contributed by atoms with Crippen LogP contribution in [0.1, 0.15) is 29.8 Å². The van der Waals surface area contributed by atoms with Gasteiger partial charge < -0.3 is 14.8 Å². The van der Waals surface area contributed by atoms with E-state index in [1.54, 1.807) is 62.4 Å². The molecule has 1 radical (unpaired) electrons. The maximum atomic E-state index is 12.4. The molecule has 0 bridgehead atoms. The molecule has 0 fully saturated rings. The molecule has 0 spiro atoms. The highest BCUT2D eigenvalue weighted by atomic mass is 16.6. The molecule has 0 aliphatic rings. The van der Waals surface area contributed by atoms with Gasteiger partial charge in [-0.3, -0.25) is 14.4 Å². The van der Waals surface area contributed by atoms with Gasteiger partial charge in [0, 0.05) is 11.3 Å². The lowest BCUT2D eigenvalue weighted by molar-refractivity contribution is -0.161. The fourth-order valence-electron chi connectivity index (χ4n) is 2.50. The first kappa shape index (κ1) is 20.2. The number of ether oxygens (including phenoxy) is 2. The smallest absolute Gasteiger partial charge is 0.320 e. The van der Waals surface area contributed by atoms with Gasteiger partial charge in [0.1, 0.15) is 0 Å². The molecule has 2 aromatic rings. The van der Waals surface area contributed by atoms with Crippen LogP contribution in [-0.2, 0) is 25.5 Å². The molecule has 0 unspecified atom stereocenters. The molecule has 0 heterocycles. The summed E-state index contributed by atoms with van der Waals surface area (Å²) < 4.78 is 9.96. The van der Waals surface area contributed by atoms with E-state index in [9.17, 15) is 14.4 Å². The van der Waals surface area contributed by atoms with Crippen molar-refractivity contribution in [3.8, 4) is 0 Å². The zero-order valence-corrected chi connectivity index (χ0v) is 15.4. The summed E-state index contributed by atoms with van der Waals surface area (Å²) >= 11 is 0. The second-order valence-corrected chi connectivity index (χ2v) is 5.71. The van der Waals surface area contributed by atoms with Crippen molar-refractivity contribution in [3.63, 3.8) is 0 Å². The lowest BCUT2D eigenvalue weighted by Gasteiger charge is -2.15. The van der Waals surface area contributed by atoms with Crippen molar-refractivity contribution < 1.29 is 23.9 Å².